The summed E-state index contributed by atoms with van der Waals surface area (Å²) in [5.74, 6) is -1.23. The first-order valence-corrected chi connectivity index (χ1v) is 12.2. The molecule has 2 rings (SSSR count). The molecule has 7 heteroatoms. The Morgan fingerprint density at radius 3 is 2.69 bits per heavy atom. The predicted molar refractivity (Wildman–Crippen MR) is 140 cm³/mol. The number of amides is 1. The Balaban J connectivity index is 2.28. The number of fused-ring (bicyclic) bond motifs is 2. The number of ether oxygens (including phenoxy) is 2. The van der Waals surface area contributed by atoms with Crippen molar-refractivity contribution in [3.8, 4) is 0 Å². The lowest BCUT2D eigenvalue weighted by Gasteiger charge is -2.30. The maximum absolute atomic E-state index is 12.5. The lowest BCUT2D eigenvalue weighted by Crippen LogP contribution is -2.44. The van der Waals surface area contributed by atoms with Gasteiger partial charge < -0.3 is 19.9 Å². The van der Waals surface area contributed by atoms with E-state index in [1.807, 2.05) is 26.0 Å². The van der Waals surface area contributed by atoms with Gasteiger partial charge in [-0.2, -0.15) is 0 Å². The summed E-state index contributed by atoms with van der Waals surface area (Å²) in [6.07, 6.45) is 15.6. The number of rotatable bonds is 4. The van der Waals surface area contributed by atoms with Crippen molar-refractivity contribution in [3.05, 3.63) is 84.1 Å². The molecule has 0 aromatic carbocycles. The second kappa shape index (κ2) is 15.0. The Labute approximate surface area is 213 Å². The van der Waals surface area contributed by atoms with Gasteiger partial charge in [0.25, 0.3) is 0 Å². The third kappa shape index (κ3) is 11.0. The summed E-state index contributed by atoms with van der Waals surface area (Å²) in [6, 6.07) is 0. The van der Waals surface area contributed by atoms with Crippen molar-refractivity contribution < 1.29 is 29.0 Å². The van der Waals surface area contributed by atoms with Gasteiger partial charge >= 0.3 is 5.97 Å². The van der Waals surface area contributed by atoms with E-state index in [1.165, 1.54) is 18.2 Å². The highest BCUT2D eigenvalue weighted by atomic mass is 16.6. The van der Waals surface area contributed by atoms with Crippen molar-refractivity contribution in [2.24, 2.45) is 0 Å². The van der Waals surface area contributed by atoms with Gasteiger partial charge in [-0.15, -0.1) is 0 Å². The van der Waals surface area contributed by atoms with E-state index in [0.717, 1.165) is 23.1 Å². The third-order valence-corrected chi connectivity index (χ3v) is 5.60. The number of ketones is 1. The molecule has 36 heavy (non-hydrogen) atoms. The van der Waals surface area contributed by atoms with E-state index < -0.39 is 24.2 Å². The number of nitrogens with one attached hydrogen (secondary N) is 1. The van der Waals surface area contributed by atoms with Crippen LogP contribution in [0.25, 0.3) is 0 Å². The van der Waals surface area contributed by atoms with E-state index in [1.54, 1.807) is 37.3 Å². The average Bonchev–Trinajstić information content (AvgIpc) is 2.77. The Kier molecular flexibility index (Phi) is 12.0. The summed E-state index contributed by atoms with van der Waals surface area (Å²) in [4.78, 5) is 36.8. The molecule has 2 heterocycles. The molecule has 0 saturated carbocycles. The predicted octanol–water partition coefficient (Wildman–Crippen LogP) is 4.33. The van der Waals surface area contributed by atoms with E-state index in [0.29, 0.717) is 12.8 Å². The number of hydrogen-bond acceptors (Lipinski definition) is 6. The largest absolute Gasteiger partial charge is 0.454 e. The standard InChI is InChI=1S/C29H37NO6/c1-5-6-7-13-27(32)30-29(34)26-19-22(4)18-25-17-21(3)16-24(35-25)12-9-11-23(31)15-20(2)10-8-14-28(33)36-26/h5-11,13-14,18,24-26,29,34H,3,12,15-17,19H2,1-2,4H3,(H,30,32)/b6-5+,11-9+,13-7-,14-8+,20-10-,22-18+/t24-,25-,26-,29+/m0/s1. The molecule has 2 aliphatic rings. The molecule has 1 saturated heterocycles. The molecule has 0 aliphatic carbocycles. The van der Waals surface area contributed by atoms with Crippen LogP contribution >= 0.6 is 0 Å². The van der Waals surface area contributed by atoms with Gasteiger partial charge in [-0.3, -0.25) is 9.59 Å². The smallest absolute Gasteiger partial charge is 0.331 e. The molecule has 4 atom stereocenters. The molecular weight excluding hydrogens is 458 g/mol. The minimum Gasteiger partial charge on any atom is -0.454 e. The van der Waals surface area contributed by atoms with Gasteiger partial charge in [0.1, 0.15) is 0 Å². The number of aliphatic hydroxyl groups is 1. The minimum atomic E-state index is -1.42. The number of allylic oxidation sites excluding steroid dienone is 7. The lowest BCUT2D eigenvalue weighted by molar-refractivity contribution is -0.151. The topological polar surface area (TPSA) is 102 Å². The monoisotopic (exact) mass is 495 g/mol. The van der Waals surface area contributed by atoms with Crippen molar-refractivity contribution in [2.45, 2.75) is 77.4 Å². The Bertz CT molecular complexity index is 997. The van der Waals surface area contributed by atoms with Crippen molar-refractivity contribution >= 4 is 17.7 Å². The van der Waals surface area contributed by atoms with Crippen LogP contribution in [0.2, 0.25) is 0 Å². The fourth-order valence-electron chi connectivity index (χ4n) is 3.96. The van der Waals surface area contributed by atoms with Crippen LogP contribution in [0.4, 0.5) is 0 Å². The zero-order chi connectivity index (χ0) is 26.5. The summed E-state index contributed by atoms with van der Waals surface area (Å²) < 4.78 is 11.7. The van der Waals surface area contributed by atoms with Crippen LogP contribution in [-0.4, -0.2) is 47.3 Å². The Hall–Kier alpha value is -3.29. The molecule has 0 unspecified atom stereocenters. The van der Waals surface area contributed by atoms with Gasteiger partial charge in [-0.25, -0.2) is 4.79 Å². The molecule has 7 nitrogen and oxygen atoms in total. The number of aliphatic hydroxyl groups excluding tert-OH is 1. The molecule has 0 radical (unpaired) electrons. The lowest BCUT2D eigenvalue weighted by atomic mass is 9.95. The number of esters is 1. The van der Waals surface area contributed by atoms with E-state index >= 15 is 0 Å². The summed E-state index contributed by atoms with van der Waals surface area (Å²) in [5, 5.41) is 13.1. The van der Waals surface area contributed by atoms with Crippen LogP contribution in [-0.2, 0) is 23.9 Å². The zero-order valence-electron chi connectivity index (χ0n) is 21.3. The van der Waals surface area contributed by atoms with E-state index in [4.69, 9.17) is 9.47 Å². The normalized spacial score (nSPS) is 30.3. The zero-order valence-corrected chi connectivity index (χ0v) is 21.3. The van der Waals surface area contributed by atoms with Crippen LogP contribution in [0.3, 0.4) is 0 Å². The molecule has 0 aromatic heterocycles. The van der Waals surface area contributed by atoms with Gasteiger partial charge in [-0.05, 0) is 46.1 Å². The SMILES string of the molecule is C=C1C[C@@H]2C/C=C/C(=O)C/C(C)=C\C=C\C(=O)O[C@H]([C@@H](O)NC(=O)/C=C\C=C\C)C/C(C)=C/[C@H](C1)O2. The van der Waals surface area contributed by atoms with Crippen LogP contribution in [0.15, 0.2) is 84.1 Å². The quantitative estimate of drug-likeness (QED) is 0.198. The maximum atomic E-state index is 12.5. The molecule has 0 aromatic rings. The third-order valence-electron chi connectivity index (χ3n) is 5.60. The van der Waals surface area contributed by atoms with Crippen LogP contribution in [0.5, 0.6) is 0 Å². The highest BCUT2D eigenvalue weighted by Gasteiger charge is 2.26. The van der Waals surface area contributed by atoms with Gasteiger partial charge in [0, 0.05) is 25.0 Å². The van der Waals surface area contributed by atoms with Gasteiger partial charge in [0.2, 0.25) is 5.91 Å². The maximum Gasteiger partial charge on any atom is 0.331 e. The fourth-order valence-corrected chi connectivity index (χ4v) is 3.96. The van der Waals surface area contributed by atoms with Gasteiger partial charge in [-0.1, -0.05) is 65.8 Å². The van der Waals surface area contributed by atoms with Gasteiger partial charge in [0.15, 0.2) is 18.1 Å². The summed E-state index contributed by atoms with van der Waals surface area (Å²) in [5.41, 5.74) is 2.67. The highest BCUT2D eigenvalue weighted by Crippen LogP contribution is 2.27. The first-order valence-electron chi connectivity index (χ1n) is 12.2. The molecular formula is C29H37NO6. The first-order chi connectivity index (χ1) is 17.2. The fraction of sp³-hybridized carbons (Fsp3) is 0.414. The van der Waals surface area contributed by atoms with Gasteiger partial charge in [0.05, 0.1) is 12.2 Å². The average molecular weight is 496 g/mol. The number of hydrogen-bond donors (Lipinski definition) is 2. The molecule has 2 aliphatic heterocycles. The second-order valence-corrected chi connectivity index (χ2v) is 9.14. The van der Waals surface area contributed by atoms with Crippen molar-refractivity contribution in [2.75, 3.05) is 0 Å². The summed E-state index contributed by atoms with van der Waals surface area (Å²) >= 11 is 0. The molecule has 194 valence electrons. The Morgan fingerprint density at radius 1 is 1.17 bits per heavy atom. The van der Waals surface area contributed by atoms with Crippen LogP contribution in [0, 0.1) is 0 Å². The number of cyclic esters (lactones) is 1. The van der Waals surface area contributed by atoms with Crippen LogP contribution in [0.1, 0.15) is 52.9 Å². The Morgan fingerprint density at radius 2 is 1.94 bits per heavy atom. The molecule has 1 amide bonds. The van der Waals surface area contributed by atoms with E-state index in [9.17, 15) is 19.5 Å². The molecule has 1 fully saturated rings. The van der Waals surface area contributed by atoms with Crippen molar-refractivity contribution in [3.63, 3.8) is 0 Å². The molecule has 2 N–H and O–H groups in total. The number of carbonyl (C=O) groups excluding carboxylic acids is 3. The van der Waals surface area contributed by atoms with Crippen molar-refractivity contribution in [1.82, 2.24) is 5.32 Å². The summed E-state index contributed by atoms with van der Waals surface area (Å²) in [6.45, 7) is 9.61. The van der Waals surface area contributed by atoms with E-state index in [-0.39, 0.29) is 30.8 Å². The first kappa shape index (κ1) is 28.9. The minimum absolute atomic E-state index is 0.0369. The molecule has 2 bridgehead atoms. The highest BCUT2D eigenvalue weighted by molar-refractivity contribution is 5.91. The number of carbonyl (C=O) groups is 3. The molecule has 0 spiro atoms. The summed E-state index contributed by atoms with van der Waals surface area (Å²) in [7, 11) is 0. The van der Waals surface area contributed by atoms with Crippen molar-refractivity contribution in [1.29, 1.82) is 0 Å². The van der Waals surface area contributed by atoms with E-state index in [2.05, 4.69) is 11.9 Å². The second-order valence-electron chi connectivity index (χ2n) is 9.14. The van der Waals surface area contributed by atoms with Crippen LogP contribution < -0.4 is 5.32 Å².